The van der Waals surface area contributed by atoms with Crippen molar-refractivity contribution in [2.24, 2.45) is 5.92 Å². The number of hydrogen-bond acceptors (Lipinski definition) is 4. The first-order valence-electron chi connectivity index (χ1n) is 12.6. The molecule has 0 aromatic heterocycles. The van der Waals surface area contributed by atoms with Crippen molar-refractivity contribution in [3.8, 4) is 0 Å². The zero-order chi connectivity index (χ0) is 23.4. The number of amides is 2. The van der Waals surface area contributed by atoms with Gasteiger partial charge in [-0.15, -0.1) is 0 Å². The van der Waals surface area contributed by atoms with Crippen LogP contribution in [0.2, 0.25) is 0 Å². The third-order valence-electron chi connectivity index (χ3n) is 7.44. The largest absolute Gasteiger partial charge is 0.342 e. The molecule has 4 rings (SSSR count). The fourth-order valence-electron chi connectivity index (χ4n) is 5.30. The zero-order valence-electron chi connectivity index (χ0n) is 19.8. The second kappa shape index (κ2) is 10.6. The Balaban J connectivity index is 1.42. The number of carbonyl (C=O) groups is 2. The number of carbonyl (C=O) groups excluding carboxylic acids is 2. The molecular formula is C25H37N3O4S. The van der Waals surface area contributed by atoms with Crippen molar-refractivity contribution in [3.63, 3.8) is 0 Å². The number of nitrogens with zero attached hydrogens (tertiary/aromatic N) is 3. The Morgan fingerprint density at radius 2 is 1.36 bits per heavy atom. The predicted molar refractivity (Wildman–Crippen MR) is 127 cm³/mol. The van der Waals surface area contributed by atoms with Gasteiger partial charge in [-0.2, -0.15) is 4.31 Å². The van der Waals surface area contributed by atoms with Crippen molar-refractivity contribution in [1.82, 2.24) is 14.1 Å². The van der Waals surface area contributed by atoms with Gasteiger partial charge in [-0.05, 0) is 63.1 Å². The van der Waals surface area contributed by atoms with Crippen molar-refractivity contribution in [3.05, 3.63) is 29.3 Å². The summed E-state index contributed by atoms with van der Waals surface area (Å²) in [5.41, 5.74) is 1.23. The number of benzene rings is 1. The molecule has 3 aliphatic heterocycles. The van der Waals surface area contributed by atoms with E-state index in [0.717, 1.165) is 50.8 Å². The lowest BCUT2D eigenvalue weighted by molar-refractivity contribution is -0.136. The van der Waals surface area contributed by atoms with E-state index in [1.807, 2.05) is 11.8 Å². The van der Waals surface area contributed by atoms with E-state index in [0.29, 0.717) is 44.6 Å². The molecule has 0 spiro atoms. The highest BCUT2D eigenvalue weighted by atomic mass is 32.2. The summed E-state index contributed by atoms with van der Waals surface area (Å²) >= 11 is 0. The molecule has 3 aliphatic rings. The summed E-state index contributed by atoms with van der Waals surface area (Å²) in [6.45, 7) is 5.71. The molecule has 3 heterocycles. The Hall–Kier alpha value is -1.93. The topological polar surface area (TPSA) is 78.0 Å². The summed E-state index contributed by atoms with van der Waals surface area (Å²) in [6.07, 6.45) is 8.71. The minimum absolute atomic E-state index is 0.0148. The van der Waals surface area contributed by atoms with Crippen LogP contribution in [0.1, 0.15) is 73.7 Å². The molecule has 0 unspecified atom stereocenters. The maximum absolute atomic E-state index is 13.3. The second-order valence-electron chi connectivity index (χ2n) is 9.75. The lowest BCUT2D eigenvalue weighted by Crippen LogP contribution is -2.44. The number of hydrogen-bond donors (Lipinski definition) is 0. The summed E-state index contributed by atoms with van der Waals surface area (Å²) in [6, 6.07) is 4.90. The van der Waals surface area contributed by atoms with Crippen LogP contribution < -0.4 is 0 Å². The molecule has 0 bridgehead atoms. The van der Waals surface area contributed by atoms with Gasteiger partial charge in [0.05, 0.1) is 4.90 Å². The highest BCUT2D eigenvalue weighted by Gasteiger charge is 2.32. The summed E-state index contributed by atoms with van der Waals surface area (Å²) in [5, 5.41) is 0. The monoisotopic (exact) mass is 475 g/mol. The SMILES string of the molecule is Cc1ccc(S(=O)(=O)N2CCCCC2)cc1C(=O)N1CCC(C(=O)N2CCCCCC2)CC1. The van der Waals surface area contributed by atoms with Crippen LogP contribution in [0.4, 0.5) is 0 Å². The Morgan fingerprint density at radius 1 is 0.788 bits per heavy atom. The Morgan fingerprint density at radius 3 is 2.00 bits per heavy atom. The second-order valence-corrected chi connectivity index (χ2v) is 11.7. The Bertz CT molecular complexity index is 956. The summed E-state index contributed by atoms with van der Waals surface area (Å²) < 4.78 is 27.7. The minimum atomic E-state index is -3.59. The standard InChI is InChI=1S/C25H37N3O4S/c1-20-9-10-22(33(31,32)28-15-7-4-8-16-28)19-23(20)25(30)27-17-11-21(12-18-27)24(29)26-13-5-2-3-6-14-26/h9-10,19,21H,2-8,11-18H2,1H3. The van der Waals surface area contributed by atoms with Gasteiger partial charge in [0, 0.05) is 50.7 Å². The third kappa shape index (κ3) is 5.43. The molecule has 3 saturated heterocycles. The van der Waals surface area contributed by atoms with Crippen molar-refractivity contribution in [2.75, 3.05) is 39.3 Å². The number of rotatable bonds is 4. The van der Waals surface area contributed by atoms with Crippen LogP contribution in [0.3, 0.4) is 0 Å². The quantitative estimate of drug-likeness (QED) is 0.669. The number of sulfonamides is 1. The van der Waals surface area contributed by atoms with E-state index in [1.54, 1.807) is 23.1 Å². The molecule has 182 valence electrons. The van der Waals surface area contributed by atoms with Gasteiger partial charge in [0.25, 0.3) is 5.91 Å². The fourth-order valence-corrected chi connectivity index (χ4v) is 6.84. The van der Waals surface area contributed by atoms with Gasteiger partial charge in [-0.1, -0.05) is 25.3 Å². The maximum atomic E-state index is 13.3. The zero-order valence-corrected chi connectivity index (χ0v) is 20.6. The Kier molecular flexibility index (Phi) is 7.74. The first-order valence-corrected chi connectivity index (χ1v) is 14.0. The van der Waals surface area contributed by atoms with Gasteiger partial charge in [0.2, 0.25) is 15.9 Å². The maximum Gasteiger partial charge on any atom is 0.254 e. The first kappa shape index (κ1) is 24.2. The number of aryl methyl sites for hydroxylation is 1. The third-order valence-corrected chi connectivity index (χ3v) is 9.34. The van der Waals surface area contributed by atoms with Crippen LogP contribution in [-0.4, -0.2) is 73.6 Å². The predicted octanol–water partition coefficient (Wildman–Crippen LogP) is 3.42. The van der Waals surface area contributed by atoms with Gasteiger partial charge in [0.15, 0.2) is 0 Å². The van der Waals surface area contributed by atoms with Crippen LogP contribution in [-0.2, 0) is 14.8 Å². The minimum Gasteiger partial charge on any atom is -0.342 e. The molecule has 0 atom stereocenters. The summed E-state index contributed by atoms with van der Waals surface area (Å²) in [7, 11) is -3.59. The molecule has 1 aromatic rings. The van der Waals surface area contributed by atoms with E-state index < -0.39 is 10.0 Å². The van der Waals surface area contributed by atoms with E-state index in [4.69, 9.17) is 0 Å². The smallest absolute Gasteiger partial charge is 0.254 e. The summed E-state index contributed by atoms with van der Waals surface area (Å²) in [4.78, 5) is 30.3. The average Bonchev–Trinajstić information content (AvgIpc) is 3.14. The van der Waals surface area contributed by atoms with Crippen molar-refractivity contribution >= 4 is 21.8 Å². The number of piperidine rings is 2. The fraction of sp³-hybridized carbons (Fsp3) is 0.680. The molecule has 0 radical (unpaired) electrons. The van der Waals surface area contributed by atoms with E-state index in [-0.39, 0.29) is 22.6 Å². The molecule has 7 nitrogen and oxygen atoms in total. The molecule has 3 fully saturated rings. The molecule has 0 N–H and O–H groups in total. The molecule has 8 heteroatoms. The van der Waals surface area contributed by atoms with Gasteiger partial charge >= 0.3 is 0 Å². The van der Waals surface area contributed by atoms with Crippen LogP contribution in [0, 0.1) is 12.8 Å². The molecule has 1 aromatic carbocycles. The van der Waals surface area contributed by atoms with E-state index in [1.165, 1.54) is 17.1 Å². The molecule has 33 heavy (non-hydrogen) atoms. The van der Waals surface area contributed by atoms with Crippen LogP contribution >= 0.6 is 0 Å². The van der Waals surface area contributed by atoms with Crippen LogP contribution in [0.25, 0.3) is 0 Å². The molecule has 2 amide bonds. The lowest BCUT2D eigenvalue weighted by atomic mass is 9.94. The molecule has 0 aliphatic carbocycles. The van der Waals surface area contributed by atoms with Crippen LogP contribution in [0.15, 0.2) is 23.1 Å². The molecular weight excluding hydrogens is 438 g/mol. The normalized spacial score (nSPS) is 21.6. The van der Waals surface area contributed by atoms with Gasteiger partial charge in [-0.25, -0.2) is 8.42 Å². The van der Waals surface area contributed by atoms with E-state index in [2.05, 4.69) is 0 Å². The highest BCUT2D eigenvalue weighted by Crippen LogP contribution is 2.26. The van der Waals surface area contributed by atoms with Crippen molar-refractivity contribution in [2.45, 2.75) is 69.6 Å². The van der Waals surface area contributed by atoms with Crippen LogP contribution in [0.5, 0.6) is 0 Å². The summed E-state index contributed by atoms with van der Waals surface area (Å²) in [5.74, 6) is 0.0951. The van der Waals surface area contributed by atoms with E-state index >= 15 is 0 Å². The van der Waals surface area contributed by atoms with Gasteiger partial charge in [-0.3, -0.25) is 9.59 Å². The van der Waals surface area contributed by atoms with Crippen molar-refractivity contribution < 1.29 is 18.0 Å². The highest BCUT2D eigenvalue weighted by molar-refractivity contribution is 7.89. The first-order chi connectivity index (χ1) is 15.9. The molecule has 0 saturated carbocycles. The van der Waals surface area contributed by atoms with Gasteiger partial charge in [0.1, 0.15) is 0 Å². The van der Waals surface area contributed by atoms with Gasteiger partial charge < -0.3 is 9.80 Å². The van der Waals surface area contributed by atoms with E-state index in [9.17, 15) is 18.0 Å². The Labute approximate surface area is 198 Å². The number of likely N-dealkylation sites (tertiary alicyclic amines) is 2. The lowest BCUT2D eigenvalue weighted by Gasteiger charge is -2.34. The average molecular weight is 476 g/mol. The van der Waals surface area contributed by atoms with Crippen molar-refractivity contribution in [1.29, 1.82) is 0 Å².